The molecule has 1 heterocycles. The van der Waals surface area contributed by atoms with E-state index < -0.39 is 5.97 Å². The highest BCUT2D eigenvalue weighted by Gasteiger charge is 2.17. The Kier molecular flexibility index (Phi) is 3.52. The van der Waals surface area contributed by atoms with Crippen LogP contribution in [-0.4, -0.2) is 20.9 Å². The zero-order valence-corrected chi connectivity index (χ0v) is 9.67. The highest BCUT2D eigenvalue weighted by atomic mass is 35.5. The first kappa shape index (κ1) is 11.8. The summed E-state index contributed by atoms with van der Waals surface area (Å²) in [7, 11) is 0. The molecule has 0 fully saturated rings. The van der Waals surface area contributed by atoms with Crippen molar-refractivity contribution in [2.75, 3.05) is 0 Å². The van der Waals surface area contributed by atoms with Gasteiger partial charge in [-0.15, -0.1) is 0 Å². The number of carboxylic acids is 1. The highest BCUT2D eigenvalue weighted by Crippen LogP contribution is 2.14. The monoisotopic (exact) mass is 228 g/mol. The second-order valence-electron chi connectivity index (χ2n) is 3.46. The minimum absolute atomic E-state index is 0.275. The van der Waals surface area contributed by atoms with Crippen molar-refractivity contribution in [3.63, 3.8) is 0 Å². The minimum Gasteiger partial charge on any atom is -0.478 e. The topological polar surface area (TPSA) is 55.1 Å². The van der Waals surface area contributed by atoms with Gasteiger partial charge >= 0.3 is 5.97 Å². The molecule has 1 N–H and O–H groups in total. The minimum atomic E-state index is -0.941. The van der Waals surface area contributed by atoms with Crippen LogP contribution in [0.4, 0.5) is 0 Å². The van der Waals surface area contributed by atoms with Crippen LogP contribution in [0.1, 0.15) is 28.7 Å². The summed E-state index contributed by atoms with van der Waals surface area (Å²) in [4.78, 5) is 10.9. The number of aromatic carboxylic acids is 1. The van der Waals surface area contributed by atoms with Gasteiger partial charge in [-0.05, 0) is 26.3 Å². The number of hydrogen-bond donors (Lipinski definition) is 1. The molecule has 1 aromatic rings. The van der Waals surface area contributed by atoms with Gasteiger partial charge in [0.1, 0.15) is 5.56 Å². The van der Waals surface area contributed by atoms with E-state index in [2.05, 4.69) is 5.10 Å². The summed E-state index contributed by atoms with van der Waals surface area (Å²) in [6.45, 7) is 5.81. The molecule has 0 radical (unpaired) electrons. The first-order valence-electron chi connectivity index (χ1n) is 4.50. The molecule has 0 aliphatic heterocycles. The van der Waals surface area contributed by atoms with E-state index in [1.54, 1.807) is 18.5 Å². The maximum atomic E-state index is 10.9. The van der Waals surface area contributed by atoms with Crippen LogP contribution < -0.4 is 0 Å². The van der Waals surface area contributed by atoms with E-state index in [0.29, 0.717) is 17.9 Å². The molecule has 1 aromatic heterocycles. The number of carbonyl (C=O) groups is 1. The molecule has 5 heteroatoms. The van der Waals surface area contributed by atoms with Gasteiger partial charge in [-0.3, -0.25) is 4.68 Å². The number of aryl methyl sites for hydroxylation is 1. The normalized spacial score (nSPS) is 11.9. The molecule has 0 spiro atoms. The first-order chi connectivity index (χ1) is 6.97. The Labute approximate surface area is 93.2 Å². The zero-order valence-electron chi connectivity index (χ0n) is 8.91. The summed E-state index contributed by atoms with van der Waals surface area (Å²) in [5.41, 5.74) is 3.86. The molecule has 0 amide bonds. The van der Waals surface area contributed by atoms with E-state index in [1.165, 1.54) is 5.54 Å². The largest absolute Gasteiger partial charge is 0.478 e. The van der Waals surface area contributed by atoms with Gasteiger partial charge < -0.3 is 5.11 Å². The average molecular weight is 229 g/mol. The molecule has 1 rings (SSSR count). The Hall–Kier alpha value is -1.29. The van der Waals surface area contributed by atoms with Gasteiger partial charge in [-0.2, -0.15) is 5.10 Å². The van der Waals surface area contributed by atoms with Crippen molar-refractivity contribution < 1.29 is 9.90 Å². The Morgan fingerprint density at radius 3 is 2.60 bits per heavy atom. The third-order valence-corrected chi connectivity index (χ3v) is 2.55. The number of nitrogens with zero attached hydrogens (tertiary/aromatic N) is 2. The van der Waals surface area contributed by atoms with Crippen molar-refractivity contribution >= 4 is 17.6 Å². The van der Waals surface area contributed by atoms with Gasteiger partial charge in [0.05, 0.1) is 17.9 Å². The molecule has 0 bridgehead atoms. The van der Waals surface area contributed by atoms with Crippen molar-refractivity contribution in [3.05, 3.63) is 28.1 Å². The summed E-state index contributed by atoms with van der Waals surface area (Å²) in [5.74, 6) is -0.941. The lowest BCUT2D eigenvalue weighted by atomic mass is 10.2. The van der Waals surface area contributed by atoms with Crippen LogP contribution in [0.15, 0.2) is 11.1 Å². The fraction of sp³-hybridized carbons (Fsp3) is 0.400. The van der Waals surface area contributed by atoms with Crippen LogP contribution in [-0.2, 0) is 6.54 Å². The van der Waals surface area contributed by atoms with Crippen molar-refractivity contribution in [1.82, 2.24) is 9.78 Å². The van der Waals surface area contributed by atoms with Crippen molar-refractivity contribution in [2.24, 2.45) is 0 Å². The number of carboxylic acid groups (broad SMARTS) is 1. The fourth-order valence-electron chi connectivity index (χ4n) is 1.43. The highest BCUT2D eigenvalue weighted by molar-refractivity contribution is 6.25. The van der Waals surface area contributed by atoms with E-state index in [0.717, 1.165) is 5.57 Å². The number of allylic oxidation sites excluding steroid dienone is 1. The van der Waals surface area contributed by atoms with E-state index in [9.17, 15) is 4.79 Å². The lowest BCUT2D eigenvalue weighted by molar-refractivity contribution is 0.0695. The third kappa shape index (κ3) is 2.39. The first-order valence-corrected chi connectivity index (χ1v) is 4.94. The van der Waals surface area contributed by atoms with Gasteiger partial charge in [-0.25, -0.2) is 4.79 Å². The summed E-state index contributed by atoms with van der Waals surface area (Å²) < 4.78 is 1.65. The molecule has 0 aliphatic carbocycles. The molecular formula is C10H13ClN2O2. The standard InChI is InChI=1S/C10H13ClN2O2/c1-6(4-11)5-13-8(3)9(10(14)15)7(2)12-13/h4H,5H2,1-3H3,(H,14,15). The van der Waals surface area contributed by atoms with E-state index in [-0.39, 0.29) is 5.56 Å². The second-order valence-corrected chi connectivity index (χ2v) is 3.68. The predicted molar refractivity (Wildman–Crippen MR) is 58.3 cm³/mol. The quantitative estimate of drug-likeness (QED) is 0.864. The molecule has 0 saturated carbocycles. The summed E-state index contributed by atoms with van der Waals surface area (Å²) >= 11 is 5.54. The van der Waals surface area contributed by atoms with Crippen molar-refractivity contribution in [2.45, 2.75) is 27.3 Å². The van der Waals surface area contributed by atoms with Crippen LogP contribution in [0.5, 0.6) is 0 Å². The molecule has 4 nitrogen and oxygen atoms in total. The number of rotatable bonds is 3. The summed E-state index contributed by atoms with van der Waals surface area (Å²) in [5, 5.41) is 13.1. The van der Waals surface area contributed by atoms with Crippen LogP contribution in [0.3, 0.4) is 0 Å². The van der Waals surface area contributed by atoms with Gasteiger partial charge in [0.15, 0.2) is 0 Å². The molecule has 15 heavy (non-hydrogen) atoms. The van der Waals surface area contributed by atoms with Crippen LogP contribution in [0.2, 0.25) is 0 Å². The molecule has 0 saturated heterocycles. The van der Waals surface area contributed by atoms with Crippen LogP contribution in [0.25, 0.3) is 0 Å². The lowest BCUT2D eigenvalue weighted by Crippen LogP contribution is -2.05. The molecule has 0 atom stereocenters. The van der Waals surface area contributed by atoms with Crippen molar-refractivity contribution in [1.29, 1.82) is 0 Å². The van der Waals surface area contributed by atoms with E-state index in [4.69, 9.17) is 16.7 Å². The van der Waals surface area contributed by atoms with Crippen LogP contribution in [0, 0.1) is 13.8 Å². The van der Waals surface area contributed by atoms with Gasteiger partial charge in [-0.1, -0.05) is 11.6 Å². The number of halogens is 1. The molecule has 0 aliphatic rings. The molecule has 0 unspecified atom stereocenters. The SMILES string of the molecule is CC(=CCl)Cn1nc(C)c(C(=O)O)c1C. The molecule has 0 aromatic carbocycles. The lowest BCUT2D eigenvalue weighted by Gasteiger charge is -2.03. The Bertz CT molecular complexity index is 421. The Morgan fingerprint density at radius 1 is 1.60 bits per heavy atom. The molecular weight excluding hydrogens is 216 g/mol. The van der Waals surface area contributed by atoms with Gasteiger partial charge in [0, 0.05) is 5.54 Å². The fourth-order valence-corrected chi connectivity index (χ4v) is 1.50. The Morgan fingerprint density at radius 2 is 2.20 bits per heavy atom. The second kappa shape index (κ2) is 4.49. The van der Waals surface area contributed by atoms with Gasteiger partial charge in [0.25, 0.3) is 0 Å². The Balaban J connectivity index is 3.12. The van der Waals surface area contributed by atoms with Crippen molar-refractivity contribution in [3.8, 4) is 0 Å². The molecule has 82 valence electrons. The zero-order chi connectivity index (χ0) is 11.6. The number of aromatic nitrogens is 2. The predicted octanol–water partition coefficient (Wildman–Crippen LogP) is 2.34. The third-order valence-electron chi connectivity index (χ3n) is 2.18. The smallest absolute Gasteiger partial charge is 0.339 e. The van der Waals surface area contributed by atoms with Crippen LogP contribution >= 0.6 is 11.6 Å². The maximum Gasteiger partial charge on any atom is 0.339 e. The summed E-state index contributed by atoms with van der Waals surface area (Å²) in [6, 6.07) is 0. The van der Waals surface area contributed by atoms with E-state index >= 15 is 0 Å². The van der Waals surface area contributed by atoms with E-state index in [1.807, 2.05) is 6.92 Å². The van der Waals surface area contributed by atoms with Gasteiger partial charge in [0.2, 0.25) is 0 Å². The summed E-state index contributed by atoms with van der Waals surface area (Å²) in [6.07, 6.45) is 0. The maximum absolute atomic E-state index is 10.9. The number of hydrogen-bond acceptors (Lipinski definition) is 2. The average Bonchev–Trinajstić information content (AvgIpc) is 2.41.